The smallest absolute Gasteiger partial charge is 0.200 e. The molecule has 0 unspecified atom stereocenters. The summed E-state index contributed by atoms with van der Waals surface area (Å²) >= 11 is 0. The van der Waals surface area contributed by atoms with Crippen LogP contribution in [-0.2, 0) is 0 Å². The van der Waals surface area contributed by atoms with Gasteiger partial charge in [0.2, 0.25) is 5.43 Å². The Kier molecular flexibility index (Phi) is 3.75. The molecule has 36 heavy (non-hydrogen) atoms. The van der Waals surface area contributed by atoms with E-state index in [1.54, 1.807) is 6.07 Å². The van der Waals surface area contributed by atoms with Crippen LogP contribution in [0.5, 0.6) is 23.0 Å². The van der Waals surface area contributed by atoms with Crippen LogP contribution in [-0.4, -0.2) is 0 Å². The summed E-state index contributed by atoms with van der Waals surface area (Å²) in [5, 5.41) is 1.11. The highest BCUT2D eigenvalue weighted by Crippen LogP contribution is 2.60. The van der Waals surface area contributed by atoms with Gasteiger partial charge in [-0.2, -0.15) is 0 Å². The predicted octanol–water partition coefficient (Wildman–Crippen LogP) is 8.29. The highest BCUT2D eigenvalue weighted by atomic mass is 16.5. The van der Waals surface area contributed by atoms with Crippen molar-refractivity contribution in [1.29, 1.82) is 0 Å². The molecular weight excluding hydrogens is 450 g/mol. The molecule has 0 saturated carbocycles. The largest absolute Gasteiger partial charge is 0.456 e. The Hall–Kier alpha value is -5.03. The first kappa shape index (κ1) is 19.3. The lowest BCUT2D eigenvalue weighted by molar-refractivity contribution is 0.447. The Balaban J connectivity index is 1.37. The van der Waals surface area contributed by atoms with Gasteiger partial charge in [0.05, 0.1) is 22.1 Å². The van der Waals surface area contributed by atoms with E-state index in [0.29, 0.717) is 27.7 Å². The summed E-state index contributed by atoms with van der Waals surface area (Å²) < 4.78 is 18.7. The maximum atomic E-state index is 13.3. The van der Waals surface area contributed by atoms with E-state index in [1.165, 1.54) is 0 Å². The van der Waals surface area contributed by atoms with Gasteiger partial charge in [0.25, 0.3) is 0 Å². The standard InChI is InChI=1S/C31H17NO4/c33-30-20-7-1-3-11-24(20)34-25-16-15-18(17-21(25)30)19-8-5-10-23-31(19)36-28-14-6-13-27-29(28)32(23)22-9-2-4-12-26(22)35-27/h1-17H. The van der Waals surface area contributed by atoms with Crippen molar-refractivity contribution in [3.05, 3.63) is 113 Å². The number of fused-ring (bicyclic) bond motifs is 6. The third-order valence-electron chi connectivity index (χ3n) is 6.85. The van der Waals surface area contributed by atoms with Gasteiger partial charge < -0.3 is 13.9 Å². The van der Waals surface area contributed by atoms with Gasteiger partial charge in [0.1, 0.15) is 16.9 Å². The molecule has 0 radical (unpaired) electrons. The van der Waals surface area contributed by atoms with Gasteiger partial charge >= 0.3 is 0 Å². The third-order valence-corrected chi connectivity index (χ3v) is 6.85. The lowest BCUT2D eigenvalue weighted by Gasteiger charge is -2.38. The number of hydrogen-bond acceptors (Lipinski definition) is 5. The van der Waals surface area contributed by atoms with Gasteiger partial charge in [0, 0.05) is 5.56 Å². The van der Waals surface area contributed by atoms with Crippen molar-refractivity contribution in [3.8, 4) is 34.1 Å². The van der Waals surface area contributed by atoms with Gasteiger partial charge in [-0.15, -0.1) is 0 Å². The van der Waals surface area contributed by atoms with Gasteiger partial charge in [-0.3, -0.25) is 9.69 Å². The normalized spacial score (nSPS) is 12.9. The number of hydrogen-bond donors (Lipinski definition) is 0. The van der Waals surface area contributed by atoms with Gasteiger partial charge in [-0.1, -0.05) is 48.5 Å². The minimum absolute atomic E-state index is 0.0449. The van der Waals surface area contributed by atoms with E-state index in [2.05, 4.69) is 4.90 Å². The van der Waals surface area contributed by atoms with Gasteiger partial charge in [-0.25, -0.2) is 0 Å². The Morgan fingerprint density at radius 3 is 2.25 bits per heavy atom. The fourth-order valence-corrected chi connectivity index (χ4v) is 5.22. The summed E-state index contributed by atoms with van der Waals surface area (Å²) in [5.41, 5.74) is 5.61. The molecule has 0 amide bonds. The number of benzene rings is 5. The first-order valence-corrected chi connectivity index (χ1v) is 11.7. The van der Waals surface area contributed by atoms with Crippen molar-refractivity contribution in [1.82, 2.24) is 0 Å². The third kappa shape index (κ3) is 2.57. The second-order valence-electron chi connectivity index (χ2n) is 8.90. The molecular formula is C31H17NO4. The van der Waals surface area contributed by atoms with E-state index in [9.17, 15) is 4.79 Å². The number of rotatable bonds is 1. The van der Waals surface area contributed by atoms with E-state index >= 15 is 0 Å². The van der Waals surface area contributed by atoms with E-state index < -0.39 is 0 Å². The van der Waals surface area contributed by atoms with E-state index in [-0.39, 0.29) is 5.43 Å². The Labute approximate surface area is 205 Å². The fraction of sp³-hybridized carbons (Fsp3) is 0. The lowest BCUT2D eigenvalue weighted by Crippen LogP contribution is -2.20. The molecule has 2 aliphatic heterocycles. The van der Waals surface area contributed by atoms with Crippen LogP contribution in [0.3, 0.4) is 0 Å². The highest BCUT2D eigenvalue weighted by molar-refractivity contribution is 5.98. The fourth-order valence-electron chi connectivity index (χ4n) is 5.22. The molecule has 0 spiro atoms. The molecule has 6 aromatic rings. The molecule has 0 N–H and O–H groups in total. The first-order valence-electron chi connectivity index (χ1n) is 11.7. The molecule has 5 heteroatoms. The number of anilines is 3. The maximum Gasteiger partial charge on any atom is 0.200 e. The molecule has 170 valence electrons. The molecule has 0 fully saturated rings. The maximum absolute atomic E-state index is 13.3. The average Bonchev–Trinajstić information content (AvgIpc) is 2.93. The first-order chi connectivity index (χ1) is 17.8. The number of para-hydroxylation sites is 5. The molecule has 0 atom stereocenters. The zero-order valence-corrected chi connectivity index (χ0v) is 18.9. The molecule has 1 aromatic heterocycles. The monoisotopic (exact) mass is 467 g/mol. The number of ether oxygens (including phenoxy) is 2. The number of nitrogens with zero attached hydrogens (tertiary/aromatic N) is 1. The lowest BCUT2D eigenvalue weighted by atomic mass is 9.99. The van der Waals surface area contributed by atoms with Crippen LogP contribution in [0.25, 0.3) is 33.1 Å². The van der Waals surface area contributed by atoms with Crippen molar-refractivity contribution in [2.24, 2.45) is 0 Å². The van der Waals surface area contributed by atoms with E-state index in [4.69, 9.17) is 13.9 Å². The van der Waals surface area contributed by atoms with Gasteiger partial charge in [0.15, 0.2) is 23.0 Å². The van der Waals surface area contributed by atoms with Crippen LogP contribution < -0.4 is 19.8 Å². The van der Waals surface area contributed by atoms with Crippen molar-refractivity contribution in [2.45, 2.75) is 0 Å². The quantitative estimate of drug-likeness (QED) is 0.227. The van der Waals surface area contributed by atoms with Crippen molar-refractivity contribution in [3.63, 3.8) is 0 Å². The second-order valence-corrected chi connectivity index (χ2v) is 8.90. The average molecular weight is 467 g/mol. The predicted molar refractivity (Wildman–Crippen MR) is 140 cm³/mol. The van der Waals surface area contributed by atoms with Gasteiger partial charge in [-0.05, 0) is 60.2 Å². The highest BCUT2D eigenvalue weighted by Gasteiger charge is 2.35. The summed E-state index contributed by atoms with van der Waals surface area (Å²) in [5.74, 6) is 2.98. The van der Waals surface area contributed by atoms with Crippen molar-refractivity contribution < 1.29 is 13.9 Å². The summed E-state index contributed by atoms with van der Waals surface area (Å²) in [4.78, 5) is 15.5. The van der Waals surface area contributed by atoms with Crippen LogP contribution in [0.2, 0.25) is 0 Å². The van der Waals surface area contributed by atoms with Crippen LogP contribution in [0.15, 0.2) is 112 Å². The van der Waals surface area contributed by atoms with Crippen LogP contribution in [0.4, 0.5) is 17.1 Å². The molecule has 3 heterocycles. The van der Waals surface area contributed by atoms with Crippen molar-refractivity contribution >= 4 is 39.0 Å². The Morgan fingerprint density at radius 2 is 1.31 bits per heavy atom. The Bertz CT molecular complexity index is 1940. The van der Waals surface area contributed by atoms with Crippen LogP contribution >= 0.6 is 0 Å². The van der Waals surface area contributed by atoms with Crippen LogP contribution in [0, 0.1) is 0 Å². The zero-order valence-electron chi connectivity index (χ0n) is 18.9. The molecule has 2 aliphatic rings. The summed E-state index contributed by atoms with van der Waals surface area (Å²) in [6.45, 7) is 0. The van der Waals surface area contributed by atoms with E-state index in [0.717, 1.165) is 45.4 Å². The molecule has 5 nitrogen and oxygen atoms in total. The van der Waals surface area contributed by atoms with Crippen LogP contribution in [0.1, 0.15) is 0 Å². The van der Waals surface area contributed by atoms with E-state index in [1.807, 2.05) is 97.1 Å². The molecule has 8 rings (SSSR count). The molecule has 5 aromatic carbocycles. The summed E-state index contributed by atoms with van der Waals surface area (Å²) in [7, 11) is 0. The second kappa shape index (κ2) is 6.99. The minimum atomic E-state index is -0.0449. The Morgan fingerprint density at radius 1 is 0.583 bits per heavy atom. The van der Waals surface area contributed by atoms with Crippen molar-refractivity contribution in [2.75, 3.05) is 4.90 Å². The molecule has 0 saturated heterocycles. The molecule has 0 bridgehead atoms. The topological polar surface area (TPSA) is 51.9 Å². The SMILES string of the molecule is O=c1c2ccccc2oc2ccc(-c3cccc4c3Oc3cccc5c3N4c3ccccc3O5)cc12. The zero-order chi connectivity index (χ0) is 23.8. The molecule has 0 aliphatic carbocycles. The summed E-state index contributed by atoms with van der Waals surface area (Å²) in [6.07, 6.45) is 0. The summed E-state index contributed by atoms with van der Waals surface area (Å²) in [6, 6.07) is 32.9. The minimum Gasteiger partial charge on any atom is -0.456 e.